The zero-order chi connectivity index (χ0) is 22.6. The Hall–Kier alpha value is -2.94. The number of carbonyl (C=O) groups excluding carboxylic acids is 1. The molecule has 0 bridgehead atoms. The molecule has 2 aromatic heterocycles. The second-order valence-corrected chi connectivity index (χ2v) is 9.33. The first-order chi connectivity index (χ1) is 14.6. The summed E-state index contributed by atoms with van der Waals surface area (Å²) in [4.78, 5) is 14.0. The third-order valence-electron chi connectivity index (χ3n) is 4.76. The van der Waals surface area contributed by atoms with E-state index in [-0.39, 0.29) is 23.7 Å². The first-order valence-electron chi connectivity index (χ1n) is 9.98. The van der Waals surface area contributed by atoms with Crippen LogP contribution in [0, 0.1) is 6.92 Å². The van der Waals surface area contributed by atoms with E-state index in [1.165, 1.54) is 22.0 Å². The Kier molecular flexibility index (Phi) is 6.94. The number of ether oxygens (including phenoxy) is 1. The Bertz CT molecular complexity index is 1020. The van der Waals surface area contributed by atoms with Crippen LogP contribution in [-0.2, 0) is 23.4 Å². The number of carbonyl (C=O) groups is 1. The smallest absolute Gasteiger partial charge is 0.233 e. The van der Waals surface area contributed by atoms with Crippen molar-refractivity contribution in [3.8, 4) is 5.75 Å². The second-order valence-electron chi connectivity index (χ2n) is 8.38. The molecule has 31 heavy (non-hydrogen) atoms. The van der Waals surface area contributed by atoms with E-state index in [1.807, 2.05) is 31.2 Å². The first-order valence-corrected chi connectivity index (χ1v) is 11.0. The molecule has 0 fully saturated rings. The maximum absolute atomic E-state index is 12.4. The zero-order valence-corrected chi connectivity index (χ0v) is 19.4. The first kappa shape index (κ1) is 22.7. The Morgan fingerprint density at radius 3 is 2.52 bits per heavy atom. The van der Waals surface area contributed by atoms with Gasteiger partial charge in [-0.15, -0.1) is 10.2 Å². The fourth-order valence-corrected chi connectivity index (χ4v) is 3.65. The molecule has 1 aromatic carbocycles. The van der Waals surface area contributed by atoms with Crippen molar-refractivity contribution in [2.24, 2.45) is 0 Å². The number of aryl methyl sites for hydroxylation is 1. The van der Waals surface area contributed by atoms with Gasteiger partial charge in [0, 0.05) is 7.05 Å². The van der Waals surface area contributed by atoms with Gasteiger partial charge in [-0.3, -0.25) is 4.79 Å². The highest BCUT2D eigenvalue weighted by molar-refractivity contribution is 7.99. The second kappa shape index (κ2) is 9.47. The molecule has 0 atom stereocenters. The van der Waals surface area contributed by atoms with Gasteiger partial charge < -0.3 is 19.9 Å². The van der Waals surface area contributed by atoms with Gasteiger partial charge in [0.25, 0.3) is 0 Å². The molecule has 0 aliphatic rings. The number of nitrogens with two attached hydrogens (primary N) is 1. The molecule has 0 aliphatic heterocycles. The van der Waals surface area contributed by atoms with Crippen molar-refractivity contribution in [3.63, 3.8) is 0 Å². The molecule has 0 saturated carbocycles. The quantitative estimate of drug-likeness (QED) is 0.420. The van der Waals surface area contributed by atoms with Gasteiger partial charge in [0.2, 0.25) is 11.1 Å². The molecule has 0 saturated heterocycles. The molecule has 9 heteroatoms. The van der Waals surface area contributed by atoms with Gasteiger partial charge in [0.05, 0.1) is 12.3 Å². The third-order valence-corrected chi connectivity index (χ3v) is 5.69. The van der Waals surface area contributed by atoms with E-state index >= 15 is 0 Å². The fraction of sp³-hybridized carbons (Fsp3) is 0.409. The van der Waals surface area contributed by atoms with Crippen LogP contribution in [-0.4, -0.2) is 38.5 Å². The number of nitrogen functional groups attached to an aromatic ring is 1. The van der Waals surface area contributed by atoms with Crippen LogP contribution in [0.25, 0.3) is 0 Å². The SMILES string of the molecule is Cc1ccc(CN(C)C(=O)CSc2nnc(COc3ccc(C(C)(C)C)cc3)n2N)o1. The number of benzene rings is 1. The minimum Gasteiger partial charge on any atom is -0.486 e. The third kappa shape index (κ3) is 6.04. The number of thioether (sulfide) groups is 1. The average Bonchev–Trinajstić information content (AvgIpc) is 3.29. The molecule has 166 valence electrons. The van der Waals surface area contributed by atoms with Crippen LogP contribution in [0.15, 0.2) is 46.0 Å². The summed E-state index contributed by atoms with van der Waals surface area (Å²) in [6.07, 6.45) is 0. The summed E-state index contributed by atoms with van der Waals surface area (Å²) < 4.78 is 12.7. The molecule has 0 unspecified atom stereocenters. The van der Waals surface area contributed by atoms with Crippen LogP contribution in [0.4, 0.5) is 0 Å². The van der Waals surface area contributed by atoms with Crippen molar-refractivity contribution >= 4 is 17.7 Å². The zero-order valence-electron chi connectivity index (χ0n) is 18.6. The van der Waals surface area contributed by atoms with Crippen molar-refractivity contribution in [2.75, 3.05) is 18.6 Å². The van der Waals surface area contributed by atoms with E-state index in [0.29, 0.717) is 17.5 Å². The minimum atomic E-state index is -0.0567. The normalized spacial score (nSPS) is 11.5. The van der Waals surface area contributed by atoms with Gasteiger partial charge in [-0.1, -0.05) is 44.7 Å². The van der Waals surface area contributed by atoms with E-state index < -0.39 is 0 Å². The summed E-state index contributed by atoms with van der Waals surface area (Å²) in [5, 5.41) is 8.61. The van der Waals surface area contributed by atoms with Crippen LogP contribution < -0.4 is 10.6 Å². The van der Waals surface area contributed by atoms with Crippen LogP contribution in [0.2, 0.25) is 0 Å². The van der Waals surface area contributed by atoms with E-state index in [2.05, 4.69) is 43.1 Å². The summed E-state index contributed by atoms with van der Waals surface area (Å²) in [5.74, 6) is 9.01. The van der Waals surface area contributed by atoms with Crippen LogP contribution in [0.1, 0.15) is 43.7 Å². The molecular weight excluding hydrogens is 414 g/mol. The van der Waals surface area contributed by atoms with Crippen molar-refractivity contribution in [3.05, 3.63) is 59.3 Å². The van der Waals surface area contributed by atoms with Gasteiger partial charge in [-0.2, -0.15) is 0 Å². The lowest BCUT2D eigenvalue weighted by molar-refractivity contribution is -0.127. The largest absolute Gasteiger partial charge is 0.486 e. The number of hydrogen-bond acceptors (Lipinski definition) is 7. The number of furan rings is 1. The highest BCUT2D eigenvalue weighted by Gasteiger charge is 2.17. The van der Waals surface area contributed by atoms with Crippen molar-refractivity contribution in [2.45, 2.75) is 51.4 Å². The molecule has 2 heterocycles. The molecule has 0 aliphatic carbocycles. The van der Waals surface area contributed by atoms with Gasteiger partial charge in [-0.05, 0) is 42.2 Å². The maximum Gasteiger partial charge on any atom is 0.233 e. The van der Waals surface area contributed by atoms with E-state index in [4.69, 9.17) is 15.0 Å². The molecule has 0 spiro atoms. The molecular formula is C22H29N5O3S. The van der Waals surface area contributed by atoms with Crippen LogP contribution >= 0.6 is 11.8 Å². The summed E-state index contributed by atoms with van der Waals surface area (Å²) in [6.45, 7) is 8.97. The Morgan fingerprint density at radius 2 is 1.90 bits per heavy atom. The van der Waals surface area contributed by atoms with Gasteiger partial charge in [-0.25, -0.2) is 4.68 Å². The molecule has 8 nitrogen and oxygen atoms in total. The fourth-order valence-electron chi connectivity index (χ4n) is 2.83. The highest BCUT2D eigenvalue weighted by atomic mass is 32.2. The Labute approximate surface area is 186 Å². The highest BCUT2D eigenvalue weighted by Crippen LogP contribution is 2.24. The average molecular weight is 444 g/mol. The van der Waals surface area contributed by atoms with Crippen molar-refractivity contribution in [1.82, 2.24) is 19.8 Å². The van der Waals surface area contributed by atoms with E-state index in [0.717, 1.165) is 17.3 Å². The lowest BCUT2D eigenvalue weighted by atomic mass is 9.87. The lowest BCUT2D eigenvalue weighted by Gasteiger charge is -2.19. The number of hydrogen-bond donors (Lipinski definition) is 1. The van der Waals surface area contributed by atoms with Crippen LogP contribution in [0.3, 0.4) is 0 Å². The van der Waals surface area contributed by atoms with Crippen molar-refractivity contribution in [1.29, 1.82) is 0 Å². The molecule has 1 amide bonds. The summed E-state index contributed by atoms with van der Waals surface area (Å²) in [6, 6.07) is 11.7. The topological polar surface area (TPSA) is 99.4 Å². The van der Waals surface area contributed by atoms with Gasteiger partial charge in [0.15, 0.2) is 5.82 Å². The van der Waals surface area contributed by atoms with Gasteiger partial charge >= 0.3 is 0 Å². The lowest BCUT2D eigenvalue weighted by Crippen LogP contribution is -2.28. The van der Waals surface area contributed by atoms with Gasteiger partial charge in [0.1, 0.15) is 23.9 Å². The summed E-state index contributed by atoms with van der Waals surface area (Å²) >= 11 is 1.23. The molecule has 2 N–H and O–H groups in total. The number of rotatable bonds is 8. The number of nitrogens with zero attached hydrogens (tertiary/aromatic N) is 4. The molecule has 3 rings (SSSR count). The van der Waals surface area contributed by atoms with E-state index in [1.54, 1.807) is 11.9 Å². The molecule has 0 radical (unpaired) electrons. The number of aromatic nitrogens is 3. The standard InChI is InChI=1S/C22H29N5O3S/c1-15-6-9-18(30-15)12-26(5)20(28)14-31-21-25-24-19(27(21)23)13-29-17-10-7-16(8-11-17)22(2,3)4/h6-11H,12-14,23H2,1-5H3. The maximum atomic E-state index is 12.4. The van der Waals surface area contributed by atoms with E-state index in [9.17, 15) is 4.79 Å². The predicted octanol–water partition coefficient (Wildman–Crippen LogP) is 3.52. The summed E-state index contributed by atoms with van der Waals surface area (Å²) in [7, 11) is 1.73. The summed E-state index contributed by atoms with van der Waals surface area (Å²) in [5.41, 5.74) is 1.32. The Morgan fingerprint density at radius 1 is 1.19 bits per heavy atom. The molecule has 3 aromatic rings. The minimum absolute atomic E-state index is 0.0567. The van der Waals surface area contributed by atoms with Crippen molar-refractivity contribution < 1.29 is 13.9 Å². The predicted molar refractivity (Wildman–Crippen MR) is 120 cm³/mol. The monoisotopic (exact) mass is 443 g/mol. The van der Waals surface area contributed by atoms with Crippen LogP contribution in [0.5, 0.6) is 5.75 Å². The Balaban J connectivity index is 1.51. The number of amides is 1.